The first-order valence-electron chi connectivity index (χ1n) is 5.03. The quantitative estimate of drug-likeness (QED) is 0.653. The number of carbonyl (C=O) groups is 1. The maximum atomic E-state index is 11.6. The molecule has 1 aromatic rings. The Bertz CT molecular complexity index is 377. The van der Waals surface area contributed by atoms with Gasteiger partial charge in [0.15, 0.2) is 0 Å². The second-order valence-electron chi connectivity index (χ2n) is 3.57. The Kier molecular flexibility index (Phi) is 2.99. The molecule has 0 unspecified atom stereocenters. The van der Waals surface area contributed by atoms with Gasteiger partial charge < -0.3 is 15.7 Å². The van der Waals surface area contributed by atoms with Crippen molar-refractivity contribution in [2.24, 2.45) is 0 Å². The Morgan fingerprint density at radius 1 is 1.40 bits per heavy atom. The van der Waals surface area contributed by atoms with Crippen LogP contribution in [0.25, 0.3) is 0 Å². The Morgan fingerprint density at radius 3 is 3.00 bits per heavy atom. The molecule has 15 heavy (non-hydrogen) atoms. The molecule has 1 aliphatic rings. The van der Waals surface area contributed by atoms with Crippen molar-refractivity contribution in [2.75, 3.05) is 13.2 Å². The zero-order valence-corrected chi connectivity index (χ0v) is 8.42. The highest BCUT2D eigenvalue weighted by atomic mass is 16.3. The molecule has 0 spiro atoms. The predicted molar refractivity (Wildman–Crippen MR) is 56.4 cm³/mol. The van der Waals surface area contributed by atoms with E-state index in [1.807, 2.05) is 18.2 Å². The lowest BCUT2D eigenvalue weighted by Gasteiger charge is -2.04. The summed E-state index contributed by atoms with van der Waals surface area (Å²) in [5.74, 6) is -0.126. The topological polar surface area (TPSA) is 61.4 Å². The van der Waals surface area contributed by atoms with Crippen LogP contribution in [0, 0.1) is 0 Å². The third kappa shape index (κ3) is 2.16. The monoisotopic (exact) mass is 206 g/mol. The van der Waals surface area contributed by atoms with Crippen molar-refractivity contribution in [3.8, 4) is 0 Å². The van der Waals surface area contributed by atoms with Crippen LogP contribution in [0.15, 0.2) is 18.2 Å². The number of hydrogen-bond donors (Lipinski definition) is 3. The first-order chi connectivity index (χ1) is 7.31. The van der Waals surface area contributed by atoms with Crippen molar-refractivity contribution >= 4 is 5.91 Å². The molecular weight excluding hydrogens is 192 g/mol. The first-order valence-corrected chi connectivity index (χ1v) is 5.03. The van der Waals surface area contributed by atoms with Gasteiger partial charge in [0.2, 0.25) is 0 Å². The van der Waals surface area contributed by atoms with Crippen LogP contribution in [-0.4, -0.2) is 24.2 Å². The van der Waals surface area contributed by atoms with Gasteiger partial charge >= 0.3 is 0 Å². The zero-order chi connectivity index (χ0) is 10.7. The van der Waals surface area contributed by atoms with Gasteiger partial charge in [0.1, 0.15) is 0 Å². The Hall–Kier alpha value is -1.39. The largest absolute Gasteiger partial charge is 0.395 e. The standard InChI is InChI=1S/C11H14N2O2/c14-4-3-13-11(15)8-1-2-9-6-12-7-10(9)5-8/h1-2,5,12,14H,3-4,6-7H2,(H,13,15). The summed E-state index contributed by atoms with van der Waals surface area (Å²) in [5, 5.41) is 14.4. The number of carbonyl (C=O) groups excluding carboxylic acids is 1. The van der Waals surface area contributed by atoms with Gasteiger partial charge in [-0.15, -0.1) is 0 Å². The summed E-state index contributed by atoms with van der Waals surface area (Å²) in [6.45, 7) is 1.98. The van der Waals surface area contributed by atoms with E-state index in [2.05, 4.69) is 10.6 Å². The van der Waals surface area contributed by atoms with Gasteiger partial charge in [0.25, 0.3) is 5.91 Å². The highest BCUT2D eigenvalue weighted by Gasteiger charge is 2.12. The molecule has 0 bridgehead atoms. The van der Waals surface area contributed by atoms with E-state index < -0.39 is 0 Å². The van der Waals surface area contributed by atoms with E-state index in [1.54, 1.807) is 0 Å². The van der Waals surface area contributed by atoms with Crippen molar-refractivity contribution in [2.45, 2.75) is 13.1 Å². The number of amides is 1. The molecule has 1 aromatic carbocycles. The highest BCUT2D eigenvalue weighted by Crippen LogP contribution is 2.16. The van der Waals surface area contributed by atoms with Crippen molar-refractivity contribution in [1.29, 1.82) is 0 Å². The normalized spacial score (nSPS) is 13.7. The summed E-state index contributed by atoms with van der Waals surface area (Å²) in [6.07, 6.45) is 0. The van der Waals surface area contributed by atoms with Crippen LogP contribution in [0.2, 0.25) is 0 Å². The Morgan fingerprint density at radius 2 is 2.20 bits per heavy atom. The van der Waals surface area contributed by atoms with Crippen LogP contribution in [0.3, 0.4) is 0 Å². The number of aliphatic hydroxyl groups excluding tert-OH is 1. The fourth-order valence-corrected chi connectivity index (χ4v) is 1.71. The molecule has 0 saturated carbocycles. The van der Waals surface area contributed by atoms with E-state index in [9.17, 15) is 4.79 Å². The number of benzene rings is 1. The van der Waals surface area contributed by atoms with Crippen LogP contribution in [0.5, 0.6) is 0 Å². The minimum atomic E-state index is -0.126. The summed E-state index contributed by atoms with van der Waals surface area (Å²) in [6, 6.07) is 5.70. The molecule has 1 heterocycles. The predicted octanol–water partition coefficient (Wildman–Crippen LogP) is 0.0119. The van der Waals surface area contributed by atoms with E-state index >= 15 is 0 Å². The van der Waals surface area contributed by atoms with Gasteiger partial charge in [-0.2, -0.15) is 0 Å². The minimum Gasteiger partial charge on any atom is -0.395 e. The maximum absolute atomic E-state index is 11.6. The third-order valence-electron chi connectivity index (χ3n) is 2.50. The summed E-state index contributed by atoms with van der Waals surface area (Å²) in [5.41, 5.74) is 3.10. The SMILES string of the molecule is O=C(NCCO)c1ccc2c(c1)CNC2. The van der Waals surface area contributed by atoms with Crippen molar-refractivity contribution < 1.29 is 9.90 Å². The number of rotatable bonds is 3. The molecular formula is C11H14N2O2. The van der Waals surface area contributed by atoms with Gasteiger partial charge in [0, 0.05) is 25.2 Å². The molecule has 3 N–H and O–H groups in total. The number of hydrogen-bond acceptors (Lipinski definition) is 3. The van der Waals surface area contributed by atoms with E-state index in [1.165, 1.54) is 11.1 Å². The highest BCUT2D eigenvalue weighted by molar-refractivity contribution is 5.94. The molecule has 80 valence electrons. The molecule has 2 rings (SSSR count). The lowest BCUT2D eigenvalue weighted by atomic mass is 10.1. The second kappa shape index (κ2) is 4.42. The average Bonchev–Trinajstić information content (AvgIpc) is 2.72. The van der Waals surface area contributed by atoms with E-state index in [0.29, 0.717) is 12.1 Å². The lowest BCUT2D eigenvalue weighted by molar-refractivity contribution is 0.0944. The van der Waals surface area contributed by atoms with E-state index in [-0.39, 0.29) is 12.5 Å². The molecule has 0 radical (unpaired) electrons. The maximum Gasteiger partial charge on any atom is 0.251 e. The van der Waals surface area contributed by atoms with Gasteiger partial charge in [-0.1, -0.05) is 6.07 Å². The Labute approximate surface area is 88.3 Å². The average molecular weight is 206 g/mol. The molecule has 1 aliphatic heterocycles. The zero-order valence-electron chi connectivity index (χ0n) is 8.42. The van der Waals surface area contributed by atoms with Crippen LogP contribution >= 0.6 is 0 Å². The van der Waals surface area contributed by atoms with Gasteiger partial charge in [0.05, 0.1) is 6.61 Å². The van der Waals surface area contributed by atoms with Gasteiger partial charge in [-0.25, -0.2) is 0 Å². The second-order valence-corrected chi connectivity index (χ2v) is 3.57. The molecule has 0 aromatic heterocycles. The number of aliphatic hydroxyl groups is 1. The molecule has 0 fully saturated rings. The summed E-state index contributed by atoms with van der Waals surface area (Å²) >= 11 is 0. The summed E-state index contributed by atoms with van der Waals surface area (Å²) < 4.78 is 0. The van der Waals surface area contributed by atoms with Crippen LogP contribution < -0.4 is 10.6 Å². The summed E-state index contributed by atoms with van der Waals surface area (Å²) in [4.78, 5) is 11.6. The smallest absolute Gasteiger partial charge is 0.251 e. The van der Waals surface area contributed by atoms with Crippen molar-refractivity contribution in [3.05, 3.63) is 34.9 Å². The molecule has 0 saturated heterocycles. The van der Waals surface area contributed by atoms with Crippen molar-refractivity contribution in [3.63, 3.8) is 0 Å². The van der Waals surface area contributed by atoms with E-state index in [0.717, 1.165) is 13.1 Å². The fraction of sp³-hybridized carbons (Fsp3) is 0.364. The third-order valence-corrected chi connectivity index (χ3v) is 2.50. The Balaban J connectivity index is 2.12. The molecule has 0 aliphatic carbocycles. The van der Waals surface area contributed by atoms with Gasteiger partial charge in [-0.05, 0) is 23.3 Å². The minimum absolute atomic E-state index is 0.0295. The molecule has 1 amide bonds. The number of nitrogens with one attached hydrogen (secondary N) is 2. The first kappa shape index (κ1) is 10.1. The van der Waals surface area contributed by atoms with Crippen LogP contribution in [-0.2, 0) is 13.1 Å². The summed E-state index contributed by atoms with van der Waals surface area (Å²) in [7, 11) is 0. The molecule has 0 atom stereocenters. The van der Waals surface area contributed by atoms with Crippen LogP contribution in [0.1, 0.15) is 21.5 Å². The fourth-order valence-electron chi connectivity index (χ4n) is 1.71. The van der Waals surface area contributed by atoms with Crippen molar-refractivity contribution in [1.82, 2.24) is 10.6 Å². The number of fused-ring (bicyclic) bond motifs is 1. The van der Waals surface area contributed by atoms with Gasteiger partial charge in [-0.3, -0.25) is 4.79 Å². The molecule has 4 nitrogen and oxygen atoms in total. The molecule has 4 heteroatoms. The van der Waals surface area contributed by atoms with E-state index in [4.69, 9.17) is 5.11 Å². The lowest BCUT2D eigenvalue weighted by Crippen LogP contribution is -2.26. The van der Waals surface area contributed by atoms with Crippen LogP contribution in [0.4, 0.5) is 0 Å².